The second-order valence-corrected chi connectivity index (χ2v) is 9.60. The number of benzene rings is 2. The normalized spacial score (nSPS) is 25.2. The lowest BCUT2D eigenvalue weighted by Gasteiger charge is -2.52. The number of methoxy groups -OCH3 is 2. The maximum Gasteiger partial charge on any atom is 0.238 e. The number of anilines is 1. The third-order valence-corrected chi connectivity index (χ3v) is 7.42. The number of amides is 1. The summed E-state index contributed by atoms with van der Waals surface area (Å²) in [5.41, 5.74) is 3.44. The molecular weight excluding hydrogens is 416 g/mol. The second-order valence-electron chi connectivity index (χ2n) is 9.60. The molecule has 178 valence electrons. The van der Waals surface area contributed by atoms with Crippen molar-refractivity contribution in [2.45, 2.75) is 57.6 Å². The zero-order valence-electron chi connectivity index (χ0n) is 20.2. The lowest BCUT2D eigenvalue weighted by atomic mass is 9.66. The number of likely N-dealkylation sites (tertiary alicyclic amines) is 1. The van der Waals surface area contributed by atoms with Gasteiger partial charge >= 0.3 is 0 Å². The van der Waals surface area contributed by atoms with Crippen LogP contribution in [0, 0.1) is 19.8 Å². The maximum atomic E-state index is 13.1. The lowest BCUT2D eigenvalue weighted by Crippen LogP contribution is -2.56. The van der Waals surface area contributed by atoms with Crippen molar-refractivity contribution in [1.82, 2.24) is 4.90 Å². The summed E-state index contributed by atoms with van der Waals surface area (Å²) >= 11 is 0. The van der Waals surface area contributed by atoms with Crippen LogP contribution in [0.5, 0.6) is 11.5 Å². The Morgan fingerprint density at radius 3 is 2.61 bits per heavy atom. The number of nitrogens with zero attached hydrogens (tertiary/aromatic N) is 1. The largest absolute Gasteiger partial charge is 0.493 e. The van der Waals surface area contributed by atoms with E-state index in [4.69, 9.17) is 9.47 Å². The van der Waals surface area contributed by atoms with Gasteiger partial charge in [0.25, 0.3) is 0 Å². The molecule has 1 aliphatic heterocycles. The Morgan fingerprint density at radius 2 is 1.88 bits per heavy atom. The minimum absolute atomic E-state index is 0.0336. The summed E-state index contributed by atoms with van der Waals surface area (Å²) in [6.07, 6.45) is 4.62. The van der Waals surface area contributed by atoms with Crippen molar-refractivity contribution in [3.8, 4) is 11.5 Å². The van der Waals surface area contributed by atoms with Crippen molar-refractivity contribution < 1.29 is 19.4 Å². The number of carbonyl (C=O) groups is 1. The molecule has 0 bridgehead atoms. The standard InChI is InChI=1S/C27H36N2O4/c1-18-8-10-22(19(2)15-18)28-25(30)17-29-14-13-27(31)12-6-5-7-21(27)26(29)20-9-11-23(32-3)24(16-20)33-4/h8-11,15-16,21,26,31H,5-7,12-14,17H2,1-4H3,(H,28,30)/t21-,26+,27-/m1/s1. The minimum Gasteiger partial charge on any atom is -0.493 e. The fourth-order valence-corrected chi connectivity index (χ4v) is 5.73. The van der Waals surface area contributed by atoms with Crippen LogP contribution in [0.2, 0.25) is 0 Å². The van der Waals surface area contributed by atoms with Crippen LogP contribution in [0.25, 0.3) is 0 Å². The molecule has 4 rings (SSSR count). The third kappa shape index (κ3) is 4.87. The van der Waals surface area contributed by atoms with E-state index < -0.39 is 5.60 Å². The number of hydrogen-bond donors (Lipinski definition) is 2. The molecule has 0 unspecified atom stereocenters. The number of aliphatic hydroxyl groups is 1. The van der Waals surface area contributed by atoms with Crippen molar-refractivity contribution in [3.63, 3.8) is 0 Å². The van der Waals surface area contributed by atoms with Crippen LogP contribution in [-0.2, 0) is 4.79 Å². The second kappa shape index (κ2) is 9.74. The van der Waals surface area contributed by atoms with E-state index in [1.165, 1.54) is 5.56 Å². The highest BCUT2D eigenvalue weighted by Crippen LogP contribution is 2.50. The molecule has 1 heterocycles. The summed E-state index contributed by atoms with van der Waals surface area (Å²) in [5.74, 6) is 1.38. The van der Waals surface area contributed by atoms with E-state index in [1.807, 2.05) is 44.2 Å². The molecule has 2 N–H and O–H groups in total. The lowest BCUT2D eigenvalue weighted by molar-refractivity contribution is -0.135. The molecule has 6 nitrogen and oxygen atoms in total. The van der Waals surface area contributed by atoms with Gasteiger partial charge in [0.05, 0.1) is 26.4 Å². The van der Waals surface area contributed by atoms with Gasteiger partial charge in [0.2, 0.25) is 5.91 Å². The number of aryl methyl sites for hydroxylation is 2. The van der Waals surface area contributed by atoms with Crippen LogP contribution in [-0.4, -0.2) is 48.8 Å². The molecule has 33 heavy (non-hydrogen) atoms. The Hall–Kier alpha value is -2.57. The van der Waals surface area contributed by atoms with Gasteiger partial charge in [-0.2, -0.15) is 0 Å². The van der Waals surface area contributed by atoms with E-state index in [0.29, 0.717) is 24.5 Å². The van der Waals surface area contributed by atoms with Crippen LogP contribution >= 0.6 is 0 Å². The summed E-state index contributed by atoms with van der Waals surface area (Å²) in [5, 5.41) is 14.6. The van der Waals surface area contributed by atoms with E-state index in [9.17, 15) is 9.90 Å². The quantitative estimate of drug-likeness (QED) is 0.669. The summed E-state index contributed by atoms with van der Waals surface area (Å²) in [7, 11) is 3.26. The fraction of sp³-hybridized carbons (Fsp3) is 0.519. The van der Waals surface area contributed by atoms with Crippen LogP contribution < -0.4 is 14.8 Å². The van der Waals surface area contributed by atoms with Crippen molar-refractivity contribution in [3.05, 3.63) is 53.1 Å². The first-order valence-corrected chi connectivity index (χ1v) is 11.9. The molecule has 2 aromatic rings. The molecular formula is C27H36N2O4. The molecule has 1 saturated heterocycles. The zero-order chi connectivity index (χ0) is 23.6. The molecule has 6 heteroatoms. The Labute approximate surface area is 196 Å². The number of fused-ring (bicyclic) bond motifs is 1. The third-order valence-electron chi connectivity index (χ3n) is 7.42. The smallest absolute Gasteiger partial charge is 0.238 e. The van der Waals surface area contributed by atoms with Gasteiger partial charge in [0, 0.05) is 24.2 Å². The van der Waals surface area contributed by atoms with E-state index in [-0.39, 0.29) is 24.4 Å². The molecule has 0 radical (unpaired) electrons. The average molecular weight is 453 g/mol. The number of hydrogen-bond acceptors (Lipinski definition) is 5. The predicted octanol–water partition coefficient (Wildman–Crippen LogP) is 4.63. The number of carbonyl (C=O) groups excluding carboxylic acids is 1. The van der Waals surface area contributed by atoms with Gasteiger partial charge in [-0.05, 0) is 62.4 Å². The van der Waals surface area contributed by atoms with Crippen molar-refractivity contribution >= 4 is 11.6 Å². The first-order chi connectivity index (χ1) is 15.8. The fourth-order valence-electron chi connectivity index (χ4n) is 5.73. The van der Waals surface area contributed by atoms with E-state index >= 15 is 0 Å². The first-order valence-electron chi connectivity index (χ1n) is 11.9. The zero-order valence-corrected chi connectivity index (χ0v) is 20.2. The van der Waals surface area contributed by atoms with Crippen LogP contribution in [0.4, 0.5) is 5.69 Å². The van der Waals surface area contributed by atoms with Crippen LogP contribution in [0.1, 0.15) is 54.8 Å². The van der Waals surface area contributed by atoms with E-state index in [2.05, 4.69) is 16.3 Å². The summed E-state index contributed by atoms with van der Waals surface area (Å²) < 4.78 is 11.0. The van der Waals surface area contributed by atoms with E-state index in [1.54, 1.807) is 14.2 Å². The molecule has 1 amide bonds. The minimum atomic E-state index is -0.684. The molecule has 2 fully saturated rings. The highest BCUT2D eigenvalue weighted by Gasteiger charge is 2.49. The van der Waals surface area contributed by atoms with Crippen molar-refractivity contribution in [1.29, 1.82) is 0 Å². The van der Waals surface area contributed by atoms with Gasteiger partial charge < -0.3 is 19.9 Å². The Kier molecular flexibility index (Phi) is 6.96. The van der Waals surface area contributed by atoms with Gasteiger partial charge in [-0.3, -0.25) is 9.69 Å². The van der Waals surface area contributed by atoms with Crippen LogP contribution in [0.15, 0.2) is 36.4 Å². The number of ether oxygens (including phenoxy) is 2. The molecule has 1 aliphatic carbocycles. The number of piperidine rings is 1. The first kappa shape index (κ1) is 23.6. The summed E-state index contributed by atoms with van der Waals surface area (Å²) in [4.78, 5) is 15.3. The van der Waals surface area contributed by atoms with Crippen molar-refractivity contribution in [2.24, 2.45) is 5.92 Å². The molecule has 2 aliphatic rings. The average Bonchev–Trinajstić information content (AvgIpc) is 2.80. The van der Waals surface area contributed by atoms with Crippen LogP contribution in [0.3, 0.4) is 0 Å². The highest BCUT2D eigenvalue weighted by molar-refractivity contribution is 5.93. The number of rotatable bonds is 6. The molecule has 1 saturated carbocycles. The Balaban J connectivity index is 1.62. The Morgan fingerprint density at radius 1 is 1.09 bits per heavy atom. The highest BCUT2D eigenvalue weighted by atomic mass is 16.5. The van der Waals surface area contributed by atoms with Gasteiger partial charge in [0.1, 0.15) is 0 Å². The SMILES string of the molecule is COc1ccc([C@H]2[C@H]3CCCC[C@@]3(O)CCN2CC(=O)Nc2ccc(C)cc2C)cc1OC. The summed E-state index contributed by atoms with van der Waals surface area (Å²) in [6, 6.07) is 11.9. The van der Waals surface area contributed by atoms with E-state index in [0.717, 1.165) is 42.5 Å². The van der Waals surface area contributed by atoms with Gasteiger partial charge in [0.15, 0.2) is 11.5 Å². The molecule has 0 aromatic heterocycles. The topological polar surface area (TPSA) is 71.0 Å². The molecule has 0 spiro atoms. The maximum absolute atomic E-state index is 13.1. The Bertz CT molecular complexity index is 1010. The van der Waals surface area contributed by atoms with Gasteiger partial charge in [-0.15, -0.1) is 0 Å². The number of nitrogens with one attached hydrogen (secondary N) is 1. The van der Waals surface area contributed by atoms with Crippen molar-refractivity contribution in [2.75, 3.05) is 32.6 Å². The monoisotopic (exact) mass is 452 g/mol. The summed E-state index contributed by atoms with van der Waals surface area (Å²) in [6.45, 7) is 5.01. The van der Waals surface area contributed by atoms with Gasteiger partial charge in [-0.1, -0.05) is 36.6 Å². The van der Waals surface area contributed by atoms with Gasteiger partial charge in [-0.25, -0.2) is 0 Å². The molecule has 3 atom stereocenters. The molecule has 2 aromatic carbocycles. The predicted molar refractivity (Wildman–Crippen MR) is 130 cm³/mol.